The molecule has 0 aliphatic rings. The van der Waals surface area contributed by atoms with Crippen LogP contribution < -0.4 is 11.1 Å². The first-order valence-corrected chi connectivity index (χ1v) is 6.86. The standard InChI is InChI=1S/C11H17N3O2S/c1-7-4-10(12)9(6-13-7)11(15)14-5-8(2)17(3)16/h4,6,8H,5H2,1-3H3,(H2,12,13)(H,14,15). The zero-order valence-corrected chi connectivity index (χ0v) is 11.0. The molecule has 0 aliphatic heterocycles. The van der Waals surface area contributed by atoms with Crippen molar-refractivity contribution in [3.63, 3.8) is 0 Å². The molecule has 0 saturated heterocycles. The molecular weight excluding hydrogens is 238 g/mol. The van der Waals surface area contributed by atoms with Crippen molar-refractivity contribution in [3.8, 4) is 0 Å². The Balaban J connectivity index is 2.67. The van der Waals surface area contributed by atoms with Crippen LogP contribution in [0.2, 0.25) is 0 Å². The fourth-order valence-corrected chi connectivity index (χ4v) is 1.54. The molecule has 1 aromatic rings. The topological polar surface area (TPSA) is 85.1 Å². The number of carbonyl (C=O) groups excluding carboxylic acids is 1. The number of nitrogens with two attached hydrogens (primary N) is 1. The summed E-state index contributed by atoms with van der Waals surface area (Å²) in [5.41, 5.74) is 7.25. The van der Waals surface area contributed by atoms with Crippen molar-refractivity contribution < 1.29 is 9.00 Å². The lowest BCUT2D eigenvalue weighted by atomic mass is 10.2. The molecule has 94 valence electrons. The van der Waals surface area contributed by atoms with E-state index in [1.54, 1.807) is 19.2 Å². The van der Waals surface area contributed by atoms with Crippen molar-refractivity contribution in [2.24, 2.45) is 0 Å². The lowest BCUT2D eigenvalue weighted by molar-refractivity contribution is 0.0954. The lowest BCUT2D eigenvalue weighted by Gasteiger charge is -2.11. The van der Waals surface area contributed by atoms with E-state index in [0.29, 0.717) is 17.8 Å². The Morgan fingerprint density at radius 3 is 2.82 bits per heavy atom. The van der Waals surface area contributed by atoms with Gasteiger partial charge in [0.15, 0.2) is 0 Å². The second kappa shape index (κ2) is 5.77. The lowest BCUT2D eigenvalue weighted by Crippen LogP contribution is -2.33. The largest absolute Gasteiger partial charge is 0.398 e. The molecule has 1 amide bonds. The molecule has 3 N–H and O–H groups in total. The van der Waals surface area contributed by atoms with E-state index < -0.39 is 10.8 Å². The first-order valence-electron chi connectivity index (χ1n) is 5.24. The molecule has 17 heavy (non-hydrogen) atoms. The average Bonchev–Trinajstić information content (AvgIpc) is 2.25. The first-order chi connectivity index (χ1) is 7.91. The van der Waals surface area contributed by atoms with Crippen LogP contribution in [0.4, 0.5) is 5.69 Å². The van der Waals surface area contributed by atoms with E-state index in [9.17, 15) is 9.00 Å². The quantitative estimate of drug-likeness (QED) is 0.819. The van der Waals surface area contributed by atoms with Crippen LogP contribution in [0.1, 0.15) is 23.0 Å². The fourth-order valence-electron chi connectivity index (χ4n) is 1.22. The summed E-state index contributed by atoms with van der Waals surface area (Å²) in [6.07, 6.45) is 3.06. The van der Waals surface area contributed by atoms with E-state index in [2.05, 4.69) is 10.3 Å². The maximum absolute atomic E-state index is 11.8. The Kier molecular flexibility index (Phi) is 4.62. The minimum atomic E-state index is -0.954. The Labute approximate surface area is 103 Å². The van der Waals surface area contributed by atoms with Gasteiger partial charge < -0.3 is 11.1 Å². The SMILES string of the molecule is Cc1cc(N)c(C(=O)NCC(C)S(C)=O)cn1. The molecule has 5 nitrogen and oxygen atoms in total. The number of anilines is 1. The van der Waals surface area contributed by atoms with Crippen molar-refractivity contribution in [2.75, 3.05) is 18.5 Å². The second-order valence-electron chi connectivity index (χ2n) is 3.93. The number of hydrogen-bond acceptors (Lipinski definition) is 4. The van der Waals surface area contributed by atoms with Gasteiger partial charge in [-0.15, -0.1) is 0 Å². The number of amides is 1. The van der Waals surface area contributed by atoms with E-state index in [1.807, 2.05) is 6.92 Å². The highest BCUT2D eigenvalue weighted by Gasteiger charge is 2.12. The summed E-state index contributed by atoms with van der Waals surface area (Å²) in [7, 11) is -0.954. The predicted molar refractivity (Wildman–Crippen MR) is 69.2 cm³/mol. The van der Waals surface area contributed by atoms with E-state index in [0.717, 1.165) is 5.69 Å². The molecule has 0 fully saturated rings. The molecule has 0 aromatic carbocycles. The molecule has 0 radical (unpaired) electrons. The summed E-state index contributed by atoms with van der Waals surface area (Å²) >= 11 is 0. The zero-order chi connectivity index (χ0) is 13.0. The number of aryl methyl sites for hydroxylation is 1. The molecule has 1 heterocycles. The molecule has 1 aromatic heterocycles. The molecule has 1 rings (SSSR count). The molecule has 0 spiro atoms. The van der Waals surface area contributed by atoms with Crippen LogP contribution in [0.25, 0.3) is 0 Å². The number of aromatic nitrogens is 1. The summed E-state index contributed by atoms with van der Waals surface area (Å²) in [4.78, 5) is 15.8. The molecular formula is C11H17N3O2S. The van der Waals surface area contributed by atoms with E-state index in [4.69, 9.17) is 5.73 Å². The highest BCUT2D eigenvalue weighted by molar-refractivity contribution is 7.84. The van der Waals surface area contributed by atoms with Gasteiger partial charge in [0.05, 0.1) is 5.56 Å². The molecule has 0 saturated carbocycles. The third-order valence-electron chi connectivity index (χ3n) is 2.43. The van der Waals surface area contributed by atoms with Gasteiger partial charge >= 0.3 is 0 Å². The Bertz CT molecular complexity index is 448. The van der Waals surface area contributed by atoms with Crippen molar-refractivity contribution in [1.82, 2.24) is 10.3 Å². The number of rotatable bonds is 4. The van der Waals surface area contributed by atoms with Gasteiger partial charge in [-0.25, -0.2) is 0 Å². The van der Waals surface area contributed by atoms with Gasteiger partial charge in [0, 0.05) is 46.4 Å². The van der Waals surface area contributed by atoms with Gasteiger partial charge in [0.25, 0.3) is 5.91 Å². The number of nitrogens with zero attached hydrogens (tertiary/aromatic N) is 1. The number of pyridine rings is 1. The van der Waals surface area contributed by atoms with Crippen LogP contribution in [0.15, 0.2) is 12.3 Å². The number of hydrogen-bond donors (Lipinski definition) is 2. The van der Waals surface area contributed by atoms with Crippen molar-refractivity contribution in [2.45, 2.75) is 19.1 Å². The van der Waals surface area contributed by atoms with E-state index in [-0.39, 0.29) is 11.2 Å². The maximum atomic E-state index is 11.8. The van der Waals surface area contributed by atoms with Crippen LogP contribution in [0.5, 0.6) is 0 Å². The Hall–Kier alpha value is -1.43. The Morgan fingerprint density at radius 2 is 2.29 bits per heavy atom. The second-order valence-corrected chi connectivity index (χ2v) is 5.73. The summed E-state index contributed by atoms with van der Waals surface area (Å²) < 4.78 is 11.1. The van der Waals surface area contributed by atoms with Gasteiger partial charge in [-0.05, 0) is 19.9 Å². The summed E-state index contributed by atoms with van der Waals surface area (Å²) in [6, 6.07) is 1.65. The average molecular weight is 255 g/mol. The smallest absolute Gasteiger partial charge is 0.254 e. The monoisotopic (exact) mass is 255 g/mol. The van der Waals surface area contributed by atoms with Crippen LogP contribution >= 0.6 is 0 Å². The highest BCUT2D eigenvalue weighted by Crippen LogP contribution is 2.10. The molecule has 0 bridgehead atoms. The third-order valence-corrected chi connectivity index (χ3v) is 3.73. The minimum absolute atomic E-state index is 0.0846. The van der Waals surface area contributed by atoms with Crippen molar-refractivity contribution in [3.05, 3.63) is 23.5 Å². The number of nitrogens with one attached hydrogen (secondary N) is 1. The first kappa shape index (κ1) is 13.6. The fraction of sp³-hybridized carbons (Fsp3) is 0.455. The van der Waals surface area contributed by atoms with Gasteiger partial charge in [0.2, 0.25) is 0 Å². The summed E-state index contributed by atoms with van der Waals surface area (Å²) in [6.45, 7) is 3.97. The Morgan fingerprint density at radius 1 is 1.65 bits per heavy atom. The minimum Gasteiger partial charge on any atom is -0.398 e. The molecule has 2 unspecified atom stereocenters. The van der Waals surface area contributed by atoms with Crippen LogP contribution in [0.3, 0.4) is 0 Å². The zero-order valence-electron chi connectivity index (χ0n) is 10.2. The van der Waals surface area contributed by atoms with Crippen LogP contribution in [0, 0.1) is 6.92 Å². The summed E-state index contributed by atoms with van der Waals surface area (Å²) in [5, 5.41) is 2.60. The van der Waals surface area contributed by atoms with E-state index >= 15 is 0 Å². The molecule has 2 atom stereocenters. The van der Waals surface area contributed by atoms with Crippen molar-refractivity contribution in [1.29, 1.82) is 0 Å². The van der Waals surface area contributed by atoms with Gasteiger partial charge in [-0.2, -0.15) is 0 Å². The van der Waals surface area contributed by atoms with Crippen LogP contribution in [-0.2, 0) is 10.8 Å². The van der Waals surface area contributed by atoms with Gasteiger partial charge in [-0.1, -0.05) is 0 Å². The van der Waals surface area contributed by atoms with Gasteiger partial charge in [0.1, 0.15) is 0 Å². The summed E-state index contributed by atoms with van der Waals surface area (Å²) in [5.74, 6) is -0.285. The van der Waals surface area contributed by atoms with Crippen molar-refractivity contribution >= 4 is 22.4 Å². The highest BCUT2D eigenvalue weighted by atomic mass is 32.2. The normalized spacial score (nSPS) is 14.1. The predicted octanol–water partition coefficient (Wildman–Crippen LogP) is 0.469. The number of nitrogen functional groups attached to an aromatic ring is 1. The maximum Gasteiger partial charge on any atom is 0.254 e. The molecule has 6 heteroatoms. The van der Waals surface area contributed by atoms with Gasteiger partial charge in [-0.3, -0.25) is 14.0 Å². The van der Waals surface area contributed by atoms with E-state index in [1.165, 1.54) is 6.20 Å². The van der Waals surface area contributed by atoms with Crippen LogP contribution in [-0.4, -0.2) is 33.2 Å². The number of carbonyl (C=O) groups is 1. The molecule has 0 aliphatic carbocycles. The third kappa shape index (κ3) is 3.81.